The third-order valence-corrected chi connectivity index (χ3v) is 7.88. The normalized spacial score (nSPS) is 16.4. The number of aliphatic hydroxyl groups is 1. The Morgan fingerprint density at radius 1 is 0.925 bits per heavy atom. The fraction of sp³-hybridized carbons (Fsp3) is 0.233. The molecule has 1 atom stereocenters. The maximum Gasteiger partial charge on any atom is 0.301 e. The molecule has 1 amide bonds. The van der Waals surface area contributed by atoms with Crippen LogP contribution in [0.5, 0.6) is 23.0 Å². The topological polar surface area (TPSA) is 107 Å². The quantitative estimate of drug-likeness (QED) is 0.171. The summed E-state index contributed by atoms with van der Waals surface area (Å²) in [6.07, 6.45) is 0.848. The van der Waals surface area contributed by atoms with Crippen LogP contribution >= 0.6 is 11.3 Å². The highest BCUT2D eigenvalue weighted by atomic mass is 32.1. The molecule has 2 heterocycles. The smallest absolute Gasteiger partial charge is 0.301 e. The van der Waals surface area contributed by atoms with Crippen molar-refractivity contribution in [1.82, 2.24) is 4.98 Å². The van der Waals surface area contributed by atoms with Gasteiger partial charge in [0.05, 0.1) is 50.3 Å². The highest BCUT2D eigenvalue weighted by molar-refractivity contribution is 7.22. The molecule has 9 nitrogen and oxygen atoms in total. The van der Waals surface area contributed by atoms with Crippen molar-refractivity contribution in [1.29, 1.82) is 0 Å². The molecule has 1 aliphatic heterocycles. The molecule has 0 aliphatic carbocycles. The SMILES string of the molecule is CCc1ccc2nc(N3C(=O)C(=O)/C(=C(/O)c4ccc(OC)cc4)[C@H]3c3cc(OC)c(OC)c(OC)c3)sc2c1. The number of nitrogens with zero attached hydrogens (tertiary/aromatic N) is 2. The van der Waals surface area contributed by atoms with Gasteiger partial charge in [0.1, 0.15) is 11.5 Å². The van der Waals surface area contributed by atoms with E-state index in [-0.39, 0.29) is 11.3 Å². The zero-order chi connectivity index (χ0) is 28.6. The van der Waals surface area contributed by atoms with E-state index in [0.29, 0.717) is 44.8 Å². The van der Waals surface area contributed by atoms with Crippen LogP contribution in [-0.2, 0) is 16.0 Å². The molecule has 10 heteroatoms. The van der Waals surface area contributed by atoms with Crippen molar-refractivity contribution in [2.75, 3.05) is 33.3 Å². The first-order valence-corrected chi connectivity index (χ1v) is 13.3. The van der Waals surface area contributed by atoms with E-state index in [9.17, 15) is 14.7 Å². The fourth-order valence-corrected chi connectivity index (χ4v) is 5.84. The average molecular weight is 561 g/mol. The van der Waals surface area contributed by atoms with E-state index in [4.69, 9.17) is 23.9 Å². The minimum atomic E-state index is -1.03. The molecule has 40 heavy (non-hydrogen) atoms. The number of ketones is 1. The van der Waals surface area contributed by atoms with E-state index >= 15 is 0 Å². The Morgan fingerprint density at radius 2 is 1.60 bits per heavy atom. The molecule has 206 valence electrons. The highest BCUT2D eigenvalue weighted by Crippen LogP contribution is 2.48. The molecule has 3 aromatic carbocycles. The van der Waals surface area contributed by atoms with Crippen LogP contribution in [0, 0.1) is 0 Å². The molecule has 1 aliphatic rings. The number of methoxy groups -OCH3 is 4. The minimum absolute atomic E-state index is 0.0852. The summed E-state index contributed by atoms with van der Waals surface area (Å²) in [4.78, 5) is 33.3. The van der Waals surface area contributed by atoms with Crippen molar-refractivity contribution >= 4 is 44.1 Å². The average Bonchev–Trinajstić information content (AvgIpc) is 3.53. The Morgan fingerprint density at radius 3 is 2.17 bits per heavy atom. The molecule has 1 N–H and O–H groups in total. The molecule has 0 radical (unpaired) electrons. The predicted octanol–water partition coefficient (Wildman–Crippen LogP) is 5.52. The number of carbonyl (C=O) groups is 2. The summed E-state index contributed by atoms with van der Waals surface area (Å²) < 4.78 is 22.7. The zero-order valence-electron chi connectivity index (χ0n) is 22.7. The van der Waals surface area contributed by atoms with Crippen LogP contribution in [0.3, 0.4) is 0 Å². The number of ether oxygens (including phenoxy) is 4. The lowest BCUT2D eigenvalue weighted by atomic mass is 9.94. The first-order chi connectivity index (χ1) is 19.3. The van der Waals surface area contributed by atoms with Crippen molar-refractivity contribution in [3.63, 3.8) is 0 Å². The summed E-state index contributed by atoms with van der Waals surface area (Å²) in [5, 5.41) is 11.8. The van der Waals surface area contributed by atoms with E-state index in [0.717, 1.165) is 16.7 Å². The number of hydrogen-bond donors (Lipinski definition) is 1. The van der Waals surface area contributed by atoms with Gasteiger partial charge in [0.25, 0.3) is 5.78 Å². The van der Waals surface area contributed by atoms with Gasteiger partial charge in [-0.1, -0.05) is 24.3 Å². The second-order valence-electron chi connectivity index (χ2n) is 9.01. The number of aromatic nitrogens is 1. The number of amides is 1. The van der Waals surface area contributed by atoms with Crippen molar-refractivity contribution < 1.29 is 33.6 Å². The van der Waals surface area contributed by atoms with Crippen LogP contribution in [0.1, 0.15) is 29.7 Å². The highest BCUT2D eigenvalue weighted by Gasteiger charge is 2.48. The summed E-state index contributed by atoms with van der Waals surface area (Å²) in [5.74, 6) is -0.347. The minimum Gasteiger partial charge on any atom is -0.507 e. The van der Waals surface area contributed by atoms with E-state index in [1.807, 2.05) is 18.2 Å². The second kappa shape index (κ2) is 10.9. The number of benzene rings is 3. The molecule has 0 bridgehead atoms. The molecular formula is C30H28N2O7S. The largest absolute Gasteiger partial charge is 0.507 e. The lowest BCUT2D eigenvalue weighted by Gasteiger charge is -2.24. The summed E-state index contributed by atoms with van der Waals surface area (Å²) in [6, 6.07) is 14.8. The third-order valence-electron chi connectivity index (χ3n) is 6.87. The van der Waals surface area contributed by atoms with Gasteiger partial charge in [0.2, 0.25) is 5.75 Å². The van der Waals surface area contributed by atoms with Crippen molar-refractivity contribution in [2.45, 2.75) is 19.4 Å². The van der Waals surface area contributed by atoms with Gasteiger partial charge in [-0.3, -0.25) is 14.5 Å². The number of rotatable bonds is 8. The van der Waals surface area contributed by atoms with Gasteiger partial charge in [0, 0.05) is 5.56 Å². The van der Waals surface area contributed by atoms with Gasteiger partial charge in [0.15, 0.2) is 16.6 Å². The van der Waals surface area contributed by atoms with Crippen molar-refractivity contribution in [2.24, 2.45) is 0 Å². The predicted molar refractivity (Wildman–Crippen MR) is 153 cm³/mol. The number of fused-ring (bicyclic) bond motifs is 1. The van der Waals surface area contributed by atoms with E-state index in [1.54, 1.807) is 36.4 Å². The van der Waals surface area contributed by atoms with Gasteiger partial charge in [-0.05, 0) is 66.1 Å². The molecule has 1 aromatic heterocycles. The van der Waals surface area contributed by atoms with Crippen LogP contribution in [-0.4, -0.2) is 50.2 Å². The molecule has 1 fully saturated rings. The van der Waals surface area contributed by atoms with E-state index in [2.05, 4.69) is 6.92 Å². The van der Waals surface area contributed by atoms with Gasteiger partial charge >= 0.3 is 5.91 Å². The molecule has 5 rings (SSSR count). The van der Waals surface area contributed by atoms with Crippen molar-refractivity contribution in [3.8, 4) is 23.0 Å². The lowest BCUT2D eigenvalue weighted by Crippen LogP contribution is -2.29. The van der Waals surface area contributed by atoms with E-state index < -0.39 is 17.7 Å². The Kier molecular flexibility index (Phi) is 7.36. The molecule has 0 unspecified atom stereocenters. The Hall–Kier alpha value is -4.57. The van der Waals surface area contributed by atoms with Crippen LogP contribution in [0.15, 0.2) is 60.2 Å². The number of anilines is 1. The molecule has 0 saturated carbocycles. The third kappa shape index (κ3) is 4.50. The van der Waals surface area contributed by atoms with Crippen LogP contribution < -0.4 is 23.8 Å². The number of thiazole rings is 1. The van der Waals surface area contributed by atoms with E-state index in [1.165, 1.54) is 44.7 Å². The summed E-state index contributed by atoms with van der Waals surface area (Å²) >= 11 is 1.30. The monoisotopic (exact) mass is 560 g/mol. The number of aliphatic hydroxyl groups excluding tert-OH is 1. The summed E-state index contributed by atoms with van der Waals surface area (Å²) in [5.41, 5.74) is 2.58. The maximum atomic E-state index is 13.7. The second-order valence-corrected chi connectivity index (χ2v) is 10.0. The molecule has 4 aromatic rings. The van der Waals surface area contributed by atoms with Crippen molar-refractivity contribution in [3.05, 3.63) is 76.9 Å². The van der Waals surface area contributed by atoms with Gasteiger partial charge in [-0.2, -0.15) is 0 Å². The number of aryl methyl sites for hydroxylation is 1. The van der Waals surface area contributed by atoms with Gasteiger partial charge in [-0.15, -0.1) is 0 Å². The Bertz CT molecular complexity index is 1620. The number of hydrogen-bond acceptors (Lipinski definition) is 9. The van der Waals surface area contributed by atoms with Crippen LogP contribution in [0.2, 0.25) is 0 Å². The van der Waals surface area contributed by atoms with Crippen LogP contribution in [0.25, 0.3) is 16.0 Å². The van der Waals surface area contributed by atoms with Gasteiger partial charge < -0.3 is 24.1 Å². The molecular weight excluding hydrogens is 532 g/mol. The Labute approximate surface area is 235 Å². The summed E-state index contributed by atoms with van der Waals surface area (Å²) in [6.45, 7) is 2.06. The lowest BCUT2D eigenvalue weighted by molar-refractivity contribution is -0.132. The Balaban J connectivity index is 1.76. The summed E-state index contributed by atoms with van der Waals surface area (Å²) in [7, 11) is 5.98. The standard InChI is InChI=1S/C30H28N2O7S/c1-6-16-7-12-20-23(13-16)40-30(31-20)32-25(18-14-21(37-3)28(39-5)22(15-18)38-4)24(27(34)29(32)35)26(33)17-8-10-19(36-2)11-9-17/h7-15,25,33H,6H2,1-5H3/b26-24+/t25-/m1/s1. The number of Topliss-reactive ketones (excluding diaryl/α,β-unsaturated/α-hetero) is 1. The fourth-order valence-electron chi connectivity index (χ4n) is 4.79. The first-order valence-electron chi connectivity index (χ1n) is 12.5. The first kappa shape index (κ1) is 27.0. The van der Waals surface area contributed by atoms with Crippen LogP contribution in [0.4, 0.5) is 5.13 Å². The maximum absolute atomic E-state index is 13.7. The van der Waals surface area contributed by atoms with Gasteiger partial charge in [-0.25, -0.2) is 4.98 Å². The number of carbonyl (C=O) groups excluding carboxylic acids is 2. The zero-order valence-corrected chi connectivity index (χ0v) is 23.5. The molecule has 0 spiro atoms. The molecule has 1 saturated heterocycles.